The molecular weight excluding hydrogens is 198 g/mol. The smallest absolute Gasteiger partial charge is 0.323 e. The van der Waals surface area contributed by atoms with Crippen LogP contribution in [0.15, 0.2) is 0 Å². The average molecular weight is 215 g/mol. The maximum atomic E-state index is 11.1. The van der Waals surface area contributed by atoms with Gasteiger partial charge in [-0.25, -0.2) is 0 Å². The molecule has 0 aromatic carbocycles. The van der Waals surface area contributed by atoms with Gasteiger partial charge in [-0.1, -0.05) is 6.92 Å². The van der Waals surface area contributed by atoms with Crippen molar-refractivity contribution in [3.63, 3.8) is 0 Å². The molecule has 15 heavy (non-hydrogen) atoms. The van der Waals surface area contributed by atoms with Gasteiger partial charge in [0.25, 0.3) is 0 Å². The first kappa shape index (κ1) is 12.0. The highest BCUT2D eigenvalue weighted by Crippen LogP contribution is 2.29. The fourth-order valence-electron chi connectivity index (χ4n) is 2.05. The molecule has 0 bridgehead atoms. The minimum Gasteiger partial charge on any atom is -0.481 e. The van der Waals surface area contributed by atoms with Crippen LogP contribution in [0.3, 0.4) is 0 Å². The molecule has 1 heterocycles. The molecule has 1 rings (SSSR count). The van der Waals surface area contributed by atoms with Crippen LogP contribution in [0.25, 0.3) is 0 Å². The molecule has 1 aliphatic rings. The second-order valence-electron chi connectivity index (χ2n) is 4.07. The van der Waals surface area contributed by atoms with E-state index in [-0.39, 0.29) is 18.9 Å². The molecule has 1 saturated heterocycles. The van der Waals surface area contributed by atoms with E-state index in [0.717, 1.165) is 12.8 Å². The molecule has 0 radical (unpaired) electrons. The summed E-state index contributed by atoms with van der Waals surface area (Å²) in [5.41, 5.74) is -1.01. The van der Waals surface area contributed by atoms with E-state index in [1.54, 1.807) is 0 Å². The van der Waals surface area contributed by atoms with E-state index in [1.807, 2.05) is 6.92 Å². The summed E-state index contributed by atoms with van der Waals surface area (Å²) in [6.45, 7) is 1.99. The number of rotatable bonds is 5. The Morgan fingerprint density at radius 1 is 1.47 bits per heavy atom. The topological polar surface area (TPSA) is 86.6 Å². The van der Waals surface area contributed by atoms with Gasteiger partial charge in [-0.3, -0.25) is 14.9 Å². The van der Waals surface area contributed by atoms with Crippen LogP contribution in [0.5, 0.6) is 0 Å². The summed E-state index contributed by atoms with van der Waals surface area (Å²) in [6.07, 6.45) is 2.27. The SMILES string of the molecule is CC[C@H]1CC[C@](CCC(=O)O)(C(=O)O)N1. The molecule has 0 aromatic rings. The molecule has 0 aromatic heterocycles. The van der Waals surface area contributed by atoms with E-state index < -0.39 is 17.5 Å². The maximum Gasteiger partial charge on any atom is 0.323 e. The molecule has 3 N–H and O–H groups in total. The molecule has 86 valence electrons. The third-order valence-corrected chi connectivity index (χ3v) is 3.07. The highest BCUT2D eigenvalue weighted by atomic mass is 16.4. The molecule has 0 amide bonds. The van der Waals surface area contributed by atoms with Crippen molar-refractivity contribution in [1.82, 2.24) is 5.32 Å². The Hall–Kier alpha value is -1.10. The zero-order valence-electron chi connectivity index (χ0n) is 8.82. The van der Waals surface area contributed by atoms with Crippen LogP contribution < -0.4 is 5.32 Å². The summed E-state index contributed by atoms with van der Waals surface area (Å²) in [6, 6.07) is 0.204. The van der Waals surface area contributed by atoms with Crippen molar-refractivity contribution in [3.05, 3.63) is 0 Å². The van der Waals surface area contributed by atoms with Crippen LogP contribution in [0, 0.1) is 0 Å². The molecule has 5 nitrogen and oxygen atoms in total. The average Bonchev–Trinajstić information content (AvgIpc) is 2.59. The van der Waals surface area contributed by atoms with Crippen molar-refractivity contribution in [2.24, 2.45) is 0 Å². The lowest BCUT2D eigenvalue weighted by Crippen LogP contribution is -2.50. The lowest BCUT2D eigenvalue weighted by atomic mass is 9.92. The Bertz CT molecular complexity index is 266. The standard InChI is InChI=1S/C10H17NO4/c1-2-7-3-5-10(11-7,9(14)15)6-4-8(12)13/h7,11H,2-6H2,1H3,(H,12,13)(H,14,15)/t7-,10-/m0/s1. The Labute approximate surface area is 88.5 Å². The van der Waals surface area contributed by atoms with Gasteiger partial charge in [0, 0.05) is 12.5 Å². The van der Waals surface area contributed by atoms with E-state index in [9.17, 15) is 9.59 Å². The highest BCUT2D eigenvalue weighted by Gasteiger charge is 2.44. The largest absolute Gasteiger partial charge is 0.481 e. The monoisotopic (exact) mass is 215 g/mol. The zero-order chi connectivity index (χ0) is 11.5. The predicted octanol–water partition coefficient (Wildman–Crippen LogP) is 0.837. The maximum absolute atomic E-state index is 11.1. The van der Waals surface area contributed by atoms with Gasteiger partial charge in [0.05, 0.1) is 0 Å². The van der Waals surface area contributed by atoms with Crippen molar-refractivity contribution < 1.29 is 19.8 Å². The van der Waals surface area contributed by atoms with Crippen LogP contribution in [-0.4, -0.2) is 33.7 Å². The summed E-state index contributed by atoms with van der Waals surface area (Å²) >= 11 is 0. The Morgan fingerprint density at radius 2 is 2.13 bits per heavy atom. The molecule has 1 fully saturated rings. The Balaban J connectivity index is 2.64. The summed E-state index contributed by atoms with van der Waals surface area (Å²) in [4.78, 5) is 21.6. The predicted molar refractivity (Wildman–Crippen MR) is 53.7 cm³/mol. The third-order valence-electron chi connectivity index (χ3n) is 3.07. The van der Waals surface area contributed by atoms with Crippen molar-refractivity contribution >= 4 is 11.9 Å². The Kier molecular flexibility index (Phi) is 3.68. The molecule has 0 aliphatic carbocycles. The highest BCUT2D eigenvalue weighted by molar-refractivity contribution is 5.80. The van der Waals surface area contributed by atoms with E-state index in [4.69, 9.17) is 10.2 Å². The second-order valence-corrected chi connectivity index (χ2v) is 4.07. The van der Waals surface area contributed by atoms with Crippen LogP contribution in [0.1, 0.15) is 39.0 Å². The normalized spacial score (nSPS) is 30.3. The minimum atomic E-state index is -1.01. The van der Waals surface area contributed by atoms with Gasteiger partial charge in [0.2, 0.25) is 0 Å². The zero-order valence-corrected chi connectivity index (χ0v) is 8.82. The summed E-state index contributed by atoms with van der Waals surface area (Å²) in [5, 5.41) is 20.8. The van der Waals surface area contributed by atoms with Crippen molar-refractivity contribution in [2.45, 2.75) is 50.6 Å². The van der Waals surface area contributed by atoms with Crippen LogP contribution >= 0.6 is 0 Å². The molecule has 5 heteroatoms. The number of hydrogen-bond acceptors (Lipinski definition) is 3. The molecule has 1 aliphatic heterocycles. The Morgan fingerprint density at radius 3 is 2.53 bits per heavy atom. The fraction of sp³-hybridized carbons (Fsp3) is 0.800. The number of aliphatic carboxylic acids is 2. The summed E-state index contributed by atoms with van der Waals surface area (Å²) < 4.78 is 0. The third kappa shape index (κ3) is 2.68. The molecule has 2 atom stereocenters. The first-order chi connectivity index (χ1) is 7.00. The first-order valence-corrected chi connectivity index (χ1v) is 5.23. The molecular formula is C10H17NO4. The quantitative estimate of drug-likeness (QED) is 0.632. The van der Waals surface area contributed by atoms with E-state index in [0.29, 0.717) is 6.42 Å². The van der Waals surface area contributed by atoms with Gasteiger partial charge in [0.1, 0.15) is 5.54 Å². The lowest BCUT2D eigenvalue weighted by molar-refractivity contribution is -0.145. The number of carboxylic acid groups (broad SMARTS) is 2. The van der Waals surface area contributed by atoms with Crippen molar-refractivity contribution in [3.8, 4) is 0 Å². The second kappa shape index (κ2) is 4.61. The van der Waals surface area contributed by atoms with Crippen LogP contribution in [0.2, 0.25) is 0 Å². The van der Waals surface area contributed by atoms with Gasteiger partial charge in [-0.2, -0.15) is 0 Å². The van der Waals surface area contributed by atoms with E-state index in [1.165, 1.54) is 0 Å². The lowest BCUT2D eigenvalue weighted by Gasteiger charge is -2.25. The molecule has 0 unspecified atom stereocenters. The summed E-state index contributed by atoms with van der Waals surface area (Å²) in [5.74, 6) is -1.88. The van der Waals surface area contributed by atoms with Gasteiger partial charge in [0.15, 0.2) is 0 Å². The van der Waals surface area contributed by atoms with Gasteiger partial charge in [-0.15, -0.1) is 0 Å². The number of carboxylic acids is 2. The molecule has 0 spiro atoms. The van der Waals surface area contributed by atoms with Crippen LogP contribution in [-0.2, 0) is 9.59 Å². The van der Waals surface area contributed by atoms with Crippen LogP contribution in [0.4, 0.5) is 0 Å². The molecule has 0 saturated carbocycles. The summed E-state index contributed by atoms with van der Waals surface area (Å²) in [7, 11) is 0. The van der Waals surface area contributed by atoms with E-state index >= 15 is 0 Å². The van der Waals surface area contributed by atoms with E-state index in [2.05, 4.69) is 5.32 Å². The first-order valence-electron chi connectivity index (χ1n) is 5.23. The fourth-order valence-corrected chi connectivity index (χ4v) is 2.05. The van der Waals surface area contributed by atoms with Crippen molar-refractivity contribution in [1.29, 1.82) is 0 Å². The van der Waals surface area contributed by atoms with Crippen molar-refractivity contribution in [2.75, 3.05) is 0 Å². The van der Waals surface area contributed by atoms with Gasteiger partial charge >= 0.3 is 11.9 Å². The number of nitrogens with one attached hydrogen (secondary N) is 1. The number of hydrogen-bond donors (Lipinski definition) is 3. The minimum absolute atomic E-state index is 0.101. The number of carbonyl (C=O) groups is 2. The van der Waals surface area contributed by atoms with Gasteiger partial charge in [-0.05, 0) is 25.7 Å². The van der Waals surface area contributed by atoms with Gasteiger partial charge < -0.3 is 10.2 Å².